The van der Waals surface area contributed by atoms with Crippen LogP contribution in [0.2, 0.25) is 0 Å². The average Bonchev–Trinajstić information content (AvgIpc) is 2.77. The Balaban J connectivity index is 2.14. The van der Waals surface area contributed by atoms with Crippen molar-refractivity contribution in [1.82, 2.24) is 0 Å². The van der Waals surface area contributed by atoms with Crippen molar-refractivity contribution in [1.29, 1.82) is 0 Å². The number of benzene rings is 2. The highest BCUT2D eigenvalue weighted by molar-refractivity contribution is 6.23. The van der Waals surface area contributed by atoms with Gasteiger partial charge in [-0.1, -0.05) is 24.3 Å². The van der Waals surface area contributed by atoms with Crippen molar-refractivity contribution in [2.24, 2.45) is 32.9 Å². The van der Waals surface area contributed by atoms with Crippen LogP contribution in [0.5, 0.6) is 11.5 Å². The second-order valence-corrected chi connectivity index (χ2v) is 7.11. The second-order valence-electron chi connectivity index (χ2n) is 7.11. The third-order valence-corrected chi connectivity index (χ3v) is 4.72. The first-order chi connectivity index (χ1) is 15.3. The number of rotatable bonds is 9. The molecule has 0 radical (unpaired) electrons. The van der Waals surface area contributed by atoms with E-state index in [0.29, 0.717) is 47.3 Å². The SMILES string of the molecule is COc1ccc(/C(C(N)=NCCN=C(N)/C(=C(/C)N)c2ccc(OC)cc2)=C(\C)N)cc1. The molecule has 0 saturated heterocycles. The number of amidine groups is 2. The van der Waals surface area contributed by atoms with E-state index in [4.69, 9.17) is 32.4 Å². The van der Waals surface area contributed by atoms with Crippen molar-refractivity contribution in [2.45, 2.75) is 13.8 Å². The highest BCUT2D eigenvalue weighted by Crippen LogP contribution is 2.22. The Kier molecular flexibility index (Phi) is 8.71. The van der Waals surface area contributed by atoms with Gasteiger partial charge in [-0.15, -0.1) is 0 Å². The predicted molar refractivity (Wildman–Crippen MR) is 133 cm³/mol. The molecule has 0 aromatic heterocycles. The van der Waals surface area contributed by atoms with Gasteiger partial charge in [0.25, 0.3) is 0 Å². The Morgan fingerprint density at radius 1 is 0.625 bits per heavy atom. The maximum atomic E-state index is 6.22. The van der Waals surface area contributed by atoms with Gasteiger partial charge < -0.3 is 32.4 Å². The first kappa shape index (κ1) is 24.3. The molecule has 0 aliphatic rings. The molecular formula is C24H32N6O2. The molecule has 0 fully saturated rings. The summed E-state index contributed by atoms with van der Waals surface area (Å²) in [7, 11) is 3.23. The Morgan fingerprint density at radius 3 is 1.19 bits per heavy atom. The number of allylic oxidation sites excluding steroid dienone is 2. The number of hydrogen-bond donors (Lipinski definition) is 4. The lowest BCUT2D eigenvalue weighted by Crippen LogP contribution is -2.20. The summed E-state index contributed by atoms with van der Waals surface area (Å²) in [5.74, 6) is 2.17. The quantitative estimate of drug-likeness (QED) is 0.270. The highest BCUT2D eigenvalue weighted by atomic mass is 16.5. The Labute approximate surface area is 189 Å². The van der Waals surface area contributed by atoms with Crippen LogP contribution in [0.4, 0.5) is 0 Å². The van der Waals surface area contributed by atoms with E-state index in [1.165, 1.54) is 0 Å². The largest absolute Gasteiger partial charge is 0.497 e. The van der Waals surface area contributed by atoms with Crippen molar-refractivity contribution in [3.8, 4) is 11.5 Å². The molecule has 8 heteroatoms. The fraction of sp³-hybridized carbons (Fsp3) is 0.250. The zero-order valence-corrected chi connectivity index (χ0v) is 19.1. The third kappa shape index (κ3) is 6.28. The molecule has 2 aromatic rings. The van der Waals surface area contributed by atoms with Crippen LogP contribution < -0.4 is 32.4 Å². The maximum Gasteiger partial charge on any atom is 0.128 e. The molecule has 0 amide bonds. The van der Waals surface area contributed by atoms with Gasteiger partial charge in [0.05, 0.1) is 27.3 Å². The molecule has 0 atom stereocenters. The van der Waals surface area contributed by atoms with Crippen LogP contribution >= 0.6 is 0 Å². The average molecular weight is 437 g/mol. The molecule has 0 unspecified atom stereocenters. The Morgan fingerprint density at radius 2 is 0.938 bits per heavy atom. The topological polar surface area (TPSA) is 147 Å². The van der Waals surface area contributed by atoms with Crippen LogP contribution in [0.25, 0.3) is 11.1 Å². The van der Waals surface area contributed by atoms with E-state index in [9.17, 15) is 0 Å². The minimum atomic E-state index is 0.338. The predicted octanol–water partition coefficient (Wildman–Crippen LogP) is 2.50. The van der Waals surface area contributed by atoms with Crippen LogP contribution in [0.3, 0.4) is 0 Å². The lowest BCUT2D eigenvalue weighted by molar-refractivity contribution is 0.414. The summed E-state index contributed by atoms with van der Waals surface area (Å²) in [5, 5.41) is 0. The van der Waals surface area contributed by atoms with Gasteiger partial charge in [-0.3, -0.25) is 9.98 Å². The summed E-state index contributed by atoms with van der Waals surface area (Å²) in [5.41, 5.74) is 28.8. The molecular weight excluding hydrogens is 404 g/mol. The number of hydrogen-bond acceptors (Lipinski definition) is 6. The monoisotopic (exact) mass is 436 g/mol. The van der Waals surface area contributed by atoms with Crippen molar-refractivity contribution in [3.05, 3.63) is 71.1 Å². The Bertz CT molecular complexity index is 942. The molecule has 0 aliphatic heterocycles. The van der Waals surface area contributed by atoms with E-state index >= 15 is 0 Å². The van der Waals surface area contributed by atoms with Crippen LogP contribution in [0, 0.1) is 0 Å². The molecule has 8 N–H and O–H groups in total. The highest BCUT2D eigenvalue weighted by Gasteiger charge is 2.11. The number of nitrogens with two attached hydrogens (primary N) is 4. The van der Waals surface area contributed by atoms with E-state index in [1.807, 2.05) is 48.5 Å². The van der Waals surface area contributed by atoms with Gasteiger partial charge >= 0.3 is 0 Å². The lowest BCUT2D eigenvalue weighted by atomic mass is 10.0. The third-order valence-electron chi connectivity index (χ3n) is 4.72. The van der Waals surface area contributed by atoms with Crippen molar-refractivity contribution < 1.29 is 9.47 Å². The zero-order valence-electron chi connectivity index (χ0n) is 19.1. The van der Waals surface area contributed by atoms with Crippen molar-refractivity contribution in [3.63, 3.8) is 0 Å². The van der Waals surface area contributed by atoms with Gasteiger partial charge in [-0.25, -0.2) is 0 Å². The molecule has 170 valence electrons. The summed E-state index contributed by atoms with van der Waals surface area (Å²) < 4.78 is 10.4. The van der Waals surface area contributed by atoms with Gasteiger partial charge in [-0.2, -0.15) is 0 Å². The molecule has 2 rings (SSSR count). The Hall–Kier alpha value is -3.94. The molecule has 2 aromatic carbocycles. The molecule has 32 heavy (non-hydrogen) atoms. The van der Waals surface area contributed by atoms with Crippen molar-refractivity contribution >= 4 is 22.8 Å². The van der Waals surface area contributed by atoms with Crippen molar-refractivity contribution in [2.75, 3.05) is 27.3 Å². The first-order valence-electron chi connectivity index (χ1n) is 10.1. The van der Waals surface area contributed by atoms with Gasteiger partial charge in [0.2, 0.25) is 0 Å². The summed E-state index contributed by atoms with van der Waals surface area (Å²) in [6.07, 6.45) is 0. The van der Waals surface area contributed by atoms with E-state index in [-0.39, 0.29) is 0 Å². The number of methoxy groups -OCH3 is 2. The fourth-order valence-electron chi connectivity index (χ4n) is 3.17. The number of nitrogens with zero attached hydrogens (tertiary/aromatic N) is 2. The van der Waals surface area contributed by atoms with Gasteiger partial charge in [0.15, 0.2) is 0 Å². The lowest BCUT2D eigenvalue weighted by Gasteiger charge is -2.11. The maximum absolute atomic E-state index is 6.22. The molecule has 0 saturated carbocycles. The second kappa shape index (κ2) is 11.5. The van der Waals surface area contributed by atoms with Crippen LogP contribution in [0.15, 0.2) is 69.9 Å². The fourth-order valence-corrected chi connectivity index (χ4v) is 3.17. The number of aliphatic imine (C=N–C) groups is 2. The van der Waals surface area contributed by atoms with Gasteiger partial charge in [0, 0.05) is 22.5 Å². The first-order valence-corrected chi connectivity index (χ1v) is 10.1. The van der Waals surface area contributed by atoms with E-state index in [1.54, 1.807) is 28.1 Å². The van der Waals surface area contributed by atoms with Crippen LogP contribution in [-0.4, -0.2) is 39.0 Å². The van der Waals surface area contributed by atoms with Gasteiger partial charge in [0.1, 0.15) is 23.2 Å². The van der Waals surface area contributed by atoms with Crippen LogP contribution in [0.1, 0.15) is 25.0 Å². The van der Waals surface area contributed by atoms with E-state index in [0.717, 1.165) is 22.6 Å². The molecule has 0 bridgehead atoms. The summed E-state index contributed by atoms with van der Waals surface area (Å²) in [6.45, 7) is 4.26. The molecule has 0 heterocycles. The van der Waals surface area contributed by atoms with Crippen LogP contribution in [-0.2, 0) is 0 Å². The van der Waals surface area contributed by atoms with E-state index in [2.05, 4.69) is 9.98 Å². The summed E-state index contributed by atoms with van der Waals surface area (Å²) in [6, 6.07) is 14.9. The minimum Gasteiger partial charge on any atom is -0.497 e. The summed E-state index contributed by atoms with van der Waals surface area (Å²) in [4.78, 5) is 8.87. The standard InChI is InChI=1S/C24H32N6O2/c1-15(25)21(17-5-9-19(31-3)10-6-17)23(27)29-13-14-30-24(28)22(16(2)26)18-7-11-20(32-4)12-8-18/h5-12H,13-14,25-26H2,1-4H3,(H2,27,29)(H2,28,30)/b21-15-,22-16-. The van der Waals surface area contributed by atoms with E-state index < -0.39 is 0 Å². The normalized spacial score (nSPS) is 13.9. The smallest absolute Gasteiger partial charge is 0.128 e. The summed E-state index contributed by atoms with van der Waals surface area (Å²) >= 11 is 0. The number of ether oxygens (including phenoxy) is 2. The van der Waals surface area contributed by atoms with Gasteiger partial charge in [-0.05, 0) is 49.2 Å². The molecule has 0 aliphatic carbocycles. The molecule has 8 nitrogen and oxygen atoms in total. The zero-order chi connectivity index (χ0) is 23.7. The minimum absolute atomic E-state index is 0.338. The molecule has 0 spiro atoms.